The molecule has 1 aliphatic carbocycles. The molecule has 1 fully saturated rings. The zero-order chi connectivity index (χ0) is 19.2. The minimum absolute atomic E-state index is 0.100. The average molecular weight is 386 g/mol. The summed E-state index contributed by atoms with van der Waals surface area (Å²) in [7, 11) is -3.84. The van der Waals surface area contributed by atoms with Crippen LogP contribution in [0.1, 0.15) is 39.0 Å². The molecule has 1 saturated carbocycles. The van der Waals surface area contributed by atoms with Gasteiger partial charge in [-0.1, -0.05) is 12.8 Å². The average Bonchev–Trinajstić information content (AvgIpc) is 3.08. The summed E-state index contributed by atoms with van der Waals surface area (Å²) in [5.41, 5.74) is 0. The molecule has 9 heteroatoms. The molecule has 2 rings (SSSR count). The van der Waals surface area contributed by atoms with Gasteiger partial charge in [0.2, 0.25) is 10.0 Å². The summed E-state index contributed by atoms with van der Waals surface area (Å²) in [6.07, 6.45) is 2.86. The summed E-state index contributed by atoms with van der Waals surface area (Å²) >= 11 is 0. The summed E-state index contributed by atoms with van der Waals surface area (Å²) in [5.74, 6) is -1.57. The van der Waals surface area contributed by atoms with Crippen LogP contribution in [0, 0.1) is 5.82 Å². The number of halogens is 1. The number of hydrogen-bond donors (Lipinski definition) is 2. The Balaban J connectivity index is 1.73. The van der Waals surface area contributed by atoms with Crippen molar-refractivity contribution in [3.8, 4) is 0 Å². The lowest BCUT2D eigenvalue weighted by Gasteiger charge is -2.17. The van der Waals surface area contributed by atoms with E-state index >= 15 is 0 Å². The van der Waals surface area contributed by atoms with E-state index in [1.807, 2.05) is 0 Å². The first kappa shape index (κ1) is 20.3. The summed E-state index contributed by atoms with van der Waals surface area (Å²) < 4.78 is 44.1. The lowest BCUT2D eigenvalue weighted by Crippen LogP contribution is -2.41. The molecule has 2 N–H and O–H groups in total. The van der Waals surface area contributed by atoms with Crippen LogP contribution in [0.15, 0.2) is 29.2 Å². The van der Waals surface area contributed by atoms with Crippen LogP contribution in [0.3, 0.4) is 0 Å². The van der Waals surface area contributed by atoms with Gasteiger partial charge >= 0.3 is 5.97 Å². The number of carbonyl (C=O) groups is 2. The Bertz CT molecular complexity index is 730. The van der Waals surface area contributed by atoms with Crippen LogP contribution in [0.5, 0.6) is 0 Å². The molecule has 0 aliphatic heterocycles. The molecule has 0 heterocycles. The van der Waals surface area contributed by atoms with Gasteiger partial charge in [0.1, 0.15) is 5.82 Å². The molecule has 1 unspecified atom stereocenters. The highest BCUT2D eigenvalue weighted by Crippen LogP contribution is 2.17. The maximum atomic E-state index is 12.8. The molecule has 1 amide bonds. The highest BCUT2D eigenvalue weighted by molar-refractivity contribution is 7.89. The second kappa shape index (κ2) is 9.09. The van der Waals surface area contributed by atoms with E-state index < -0.39 is 27.9 Å². The zero-order valence-electron chi connectivity index (χ0n) is 14.5. The molecule has 144 valence electrons. The largest absolute Gasteiger partial charge is 0.453 e. The second-order valence-electron chi connectivity index (χ2n) is 6.22. The Hall–Kier alpha value is -2.00. The van der Waals surface area contributed by atoms with E-state index in [9.17, 15) is 22.4 Å². The molecule has 7 nitrogen and oxygen atoms in total. The van der Waals surface area contributed by atoms with Gasteiger partial charge in [0.15, 0.2) is 6.10 Å². The predicted octanol–water partition coefficient (Wildman–Crippen LogP) is 1.48. The van der Waals surface area contributed by atoms with E-state index in [0.29, 0.717) is 0 Å². The van der Waals surface area contributed by atoms with E-state index in [2.05, 4.69) is 10.0 Å². The Kier molecular flexibility index (Phi) is 7.10. The van der Waals surface area contributed by atoms with Gasteiger partial charge in [-0.25, -0.2) is 17.5 Å². The zero-order valence-corrected chi connectivity index (χ0v) is 15.4. The number of carbonyl (C=O) groups excluding carboxylic acids is 2. The first-order valence-electron chi connectivity index (χ1n) is 8.53. The third-order valence-electron chi connectivity index (χ3n) is 4.12. The Morgan fingerprint density at radius 2 is 1.85 bits per heavy atom. The van der Waals surface area contributed by atoms with Crippen LogP contribution in [0.2, 0.25) is 0 Å². The van der Waals surface area contributed by atoms with E-state index in [4.69, 9.17) is 4.74 Å². The van der Waals surface area contributed by atoms with Crippen LogP contribution in [0.4, 0.5) is 4.39 Å². The number of nitrogens with one attached hydrogen (secondary N) is 2. The van der Waals surface area contributed by atoms with Gasteiger partial charge < -0.3 is 10.1 Å². The molecular formula is C17H23FN2O5S. The van der Waals surface area contributed by atoms with Crippen LogP contribution in [-0.2, 0) is 24.3 Å². The van der Waals surface area contributed by atoms with Gasteiger partial charge in [-0.05, 0) is 44.0 Å². The van der Waals surface area contributed by atoms with Crippen LogP contribution >= 0.6 is 0 Å². The van der Waals surface area contributed by atoms with Gasteiger partial charge in [0, 0.05) is 12.6 Å². The van der Waals surface area contributed by atoms with E-state index in [-0.39, 0.29) is 29.8 Å². The van der Waals surface area contributed by atoms with Crippen LogP contribution < -0.4 is 10.0 Å². The van der Waals surface area contributed by atoms with Gasteiger partial charge in [-0.15, -0.1) is 0 Å². The fourth-order valence-corrected chi connectivity index (χ4v) is 3.71. The lowest BCUT2D eigenvalue weighted by atomic mass is 10.2. The molecule has 0 radical (unpaired) electrons. The topological polar surface area (TPSA) is 102 Å². The molecule has 0 bridgehead atoms. The maximum absolute atomic E-state index is 12.8. The fourth-order valence-electron chi connectivity index (χ4n) is 2.68. The van der Waals surface area contributed by atoms with Crippen molar-refractivity contribution in [3.05, 3.63) is 30.1 Å². The van der Waals surface area contributed by atoms with Crippen molar-refractivity contribution in [1.82, 2.24) is 10.0 Å². The smallest absolute Gasteiger partial charge is 0.307 e. The van der Waals surface area contributed by atoms with Crippen molar-refractivity contribution in [2.45, 2.75) is 56.1 Å². The van der Waals surface area contributed by atoms with Crippen molar-refractivity contribution in [2.75, 3.05) is 6.54 Å². The number of esters is 1. The van der Waals surface area contributed by atoms with E-state index in [1.165, 1.54) is 6.92 Å². The van der Waals surface area contributed by atoms with Gasteiger partial charge in [-0.3, -0.25) is 9.59 Å². The highest BCUT2D eigenvalue weighted by Gasteiger charge is 2.23. The maximum Gasteiger partial charge on any atom is 0.307 e. The van der Waals surface area contributed by atoms with Crippen LogP contribution in [0.25, 0.3) is 0 Å². The quantitative estimate of drug-likeness (QED) is 0.659. The normalized spacial score (nSPS) is 16.2. The third-order valence-corrected chi connectivity index (χ3v) is 5.60. The Morgan fingerprint density at radius 1 is 1.23 bits per heavy atom. The van der Waals surface area contributed by atoms with E-state index in [0.717, 1.165) is 49.9 Å². The minimum Gasteiger partial charge on any atom is -0.453 e. The summed E-state index contributed by atoms with van der Waals surface area (Å²) in [6.45, 7) is 1.29. The molecule has 1 atom stereocenters. The number of sulfonamides is 1. The monoisotopic (exact) mass is 386 g/mol. The number of hydrogen-bond acceptors (Lipinski definition) is 5. The van der Waals surface area contributed by atoms with E-state index in [1.54, 1.807) is 0 Å². The first-order valence-corrected chi connectivity index (χ1v) is 10.0. The van der Waals surface area contributed by atoms with Crippen LogP contribution in [-0.4, -0.2) is 39.0 Å². The molecule has 0 spiro atoms. The number of rotatable bonds is 8. The summed E-state index contributed by atoms with van der Waals surface area (Å²) in [5, 5.41) is 2.83. The van der Waals surface area contributed by atoms with Crippen molar-refractivity contribution >= 4 is 21.9 Å². The SMILES string of the molecule is CC(OC(=O)CCNS(=O)(=O)c1ccc(F)cc1)C(=O)NC1CCCC1. The Morgan fingerprint density at radius 3 is 2.46 bits per heavy atom. The van der Waals surface area contributed by atoms with Crippen molar-refractivity contribution < 1.29 is 27.1 Å². The predicted molar refractivity (Wildman–Crippen MR) is 92.2 cm³/mol. The number of benzene rings is 1. The van der Waals surface area contributed by atoms with Crippen molar-refractivity contribution in [3.63, 3.8) is 0 Å². The Labute approximate surface area is 152 Å². The summed E-state index contributed by atoms with van der Waals surface area (Å²) in [4.78, 5) is 23.6. The second-order valence-corrected chi connectivity index (χ2v) is 7.99. The minimum atomic E-state index is -3.84. The highest BCUT2D eigenvalue weighted by atomic mass is 32.2. The molecule has 1 aromatic rings. The van der Waals surface area contributed by atoms with Gasteiger partial charge in [0.05, 0.1) is 11.3 Å². The standard InChI is InChI=1S/C17H23FN2O5S/c1-12(17(22)20-14-4-2-3-5-14)25-16(21)10-11-19-26(23,24)15-8-6-13(18)7-9-15/h6-9,12,14,19H,2-5,10-11H2,1H3,(H,20,22). The molecule has 1 aliphatic rings. The van der Waals surface area contributed by atoms with Gasteiger partial charge in [-0.2, -0.15) is 0 Å². The first-order chi connectivity index (χ1) is 12.3. The molecule has 0 saturated heterocycles. The lowest BCUT2D eigenvalue weighted by molar-refractivity contribution is -0.154. The molecule has 0 aromatic heterocycles. The van der Waals surface area contributed by atoms with Gasteiger partial charge in [0.25, 0.3) is 5.91 Å². The summed E-state index contributed by atoms with van der Waals surface area (Å²) in [6, 6.07) is 4.46. The number of ether oxygens (including phenoxy) is 1. The van der Waals surface area contributed by atoms with Crippen molar-refractivity contribution in [1.29, 1.82) is 0 Å². The molecular weight excluding hydrogens is 363 g/mol. The third kappa shape index (κ3) is 6.06. The van der Waals surface area contributed by atoms with Crippen molar-refractivity contribution in [2.24, 2.45) is 0 Å². The molecule has 26 heavy (non-hydrogen) atoms. The number of amides is 1. The molecule has 1 aromatic carbocycles. The fraction of sp³-hybridized carbons (Fsp3) is 0.529.